The number of nitrogens with one attached hydrogen (secondary N) is 1. The minimum Gasteiger partial charge on any atom is -0.325 e. The maximum atomic E-state index is 13.1. The summed E-state index contributed by atoms with van der Waals surface area (Å²) in [5.74, 6) is 1.15. The lowest BCUT2D eigenvalue weighted by molar-refractivity contribution is -0.115. The van der Waals surface area contributed by atoms with Gasteiger partial charge in [0.15, 0.2) is 9.84 Å². The largest absolute Gasteiger partial charge is 0.325 e. The number of aryl methyl sites for hydroxylation is 1. The molecule has 1 atom stereocenters. The van der Waals surface area contributed by atoms with Crippen LogP contribution < -0.4 is 5.32 Å². The Morgan fingerprint density at radius 1 is 1.17 bits per heavy atom. The Bertz CT molecular complexity index is 972. The van der Waals surface area contributed by atoms with Crippen LogP contribution in [0, 0.1) is 12.7 Å². The highest BCUT2D eigenvalue weighted by molar-refractivity contribution is 7.99. The van der Waals surface area contributed by atoms with Crippen molar-refractivity contribution in [1.29, 1.82) is 0 Å². The maximum absolute atomic E-state index is 13.1. The van der Waals surface area contributed by atoms with Gasteiger partial charge in [-0.05, 0) is 55.3 Å². The summed E-state index contributed by atoms with van der Waals surface area (Å²) in [7, 11) is -3.90. The number of carbonyl (C=O) groups is 1. The molecule has 156 valence electrons. The molecule has 0 spiro atoms. The quantitative estimate of drug-likeness (QED) is 0.703. The molecule has 0 bridgehead atoms. The normalized spacial score (nSPS) is 16.4. The van der Waals surface area contributed by atoms with Gasteiger partial charge in [-0.3, -0.25) is 9.69 Å². The Morgan fingerprint density at radius 3 is 2.45 bits per heavy atom. The SMILES string of the molecule is Cc1cc(CN2CCSCC2)ccc1NC(=O)C(C)S(=O)(=O)c1ccc(F)cc1. The van der Waals surface area contributed by atoms with Gasteiger partial charge in [-0.1, -0.05) is 12.1 Å². The monoisotopic (exact) mass is 436 g/mol. The van der Waals surface area contributed by atoms with Crippen LogP contribution in [0.3, 0.4) is 0 Å². The number of halogens is 1. The summed E-state index contributed by atoms with van der Waals surface area (Å²) in [5.41, 5.74) is 2.64. The molecule has 0 saturated carbocycles. The second-order valence-corrected chi connectivity index (χ2v) is 10.7. The molecule has 1 aliphatic rings. The van der Waals surface area contributed by atoms with Gasteiger partial charge in [0.25, 0.3) is 0 Å². The summed E-state index contributed by atoms with van der Waals surface area (Å²) in [6, 6.07) is 10.3. The van der Waals surface area contributed by atoms with Gasteiger partial charge in [-0.15, -0.1) is 0 Å². The summed E-state index contributed by atoms with van der Waals surface area (Å²) in [6.07, 6.45) is 0. The number of rotatable bonds is 6. The fraction of sp³-hybridized carbons (Fsp3) is 0.381. The van der Waals surface area contributed by atoms with Crippen molar-refractivity contribution in [3.05, 3.63) is 59.4 Å². The average molecular weight is 437 g/mol. The maximum Gasteiger partial charge on any atom is 0.242 e. The molecule has 2 aromatic carbocycles. The minimum absolute atomic E-state index is 0.0756. The molecule has 29 heavy (non-hydrogen) atoms. The fourth-order valence-corrected chi connectivity index (χ4v) is 5.43. The van der Waals surface area contributed by atoms with E-state index in [-0.39, 0.29) is 4.90 Å². The Hall–Kier alpha value is -1.90. The molecule has 1 amide bonds. The lowest BCUT2D eigenvalue weighted by atomic mass is 10.1. The van der Waals surface area contributed by atoms with Crippen molar-refractivity contribution < 1.29 is 17.6 Å². The number of nitrogens with zero attached hydrogens (tertiary/aromatic N) is 1. The third-order valence-corrected chi connectivity index (χ3v) is 8.05. The van der Waals surface area contributed by atoms with Crippen LogP contribution in [0.1, 0.15) is 18.1 Å². The molecule has 1 N–H and O–H groups in total. The number of thioether (sulfide) groups is 1. The average Bonchev–Trinajstić information content (AvgIpc) is 2.70. The lowest BCUT2D eigenvalue weighted by Gasteiger charge is -2.26. The van der Waals surface area contributed by atoms with E-state index in [2.05, 4.69) is 10.2 Å². The van der Waals surface area contributed by atoms with Crippen LogP contribution in [0.25, 0.3) is 0 Å². The first kappa shape index (κ1) is 21.8. The molecule has 1 heterocycles. The van der Waals surface area contributed by atoms with Gasteiger partial charge in [0.05, 0.1) is 4.90 Å². The molecule has 1 saturated heterocycles. The van der Waals surface area contributed by atoms with Crippen LogP contribution in [-0.2, 0) is 21.2 Å². The van der Waals surface area contributed by atoms with E-state index in [9.17, 15) is 17.6 Å². The highest BCUT2D eigenvalue weighted by Gasteiger charge is 2.30. The zero-order valence-corrected chi connectivity index (χ0v) is 18.2. The molecule has 5 nitrogen and oxygen atoms in total. The number of hydrogen-bond acceptors (Lipinski definition) is 5. The molecule has 1 fully saturated rings. The number of amides is 1. The van der Waals surface area contributed by atoms with E-state index in [1.807, 2.05) is 36.9 Å². The van der Waals surface area contributed by atoms with Crippen molar-refractivity contribution in [3.8, 4) is 0 Å². The van der Waals surface area contributed by atoms with Gasteiger partial charge < -0.3 is 5.32 Å². The number of hydrogen-bond donors (Lipinski definition) is 1. The third kappa shape index (κ3) is 5.38. The summed E-state index contributed by atoms with van der Waals surface area (Å²) in [6.45, 7) is 6.24. The van der Waals surface area contributed by atoms with Gasteiger partial charge in [0.1, 0.15) is 11.1 Å². The van der Waals surface area contributed by atoms with Crippen molar-refractivity contribution in [1.82, 2.24) is 4.90 Å². The van der Waals surface area contributed by atoms with Crippen molar-refractivity contribution in [2.24, 2.45) is 0 Å². The number of carbonyl (C=O) groups excluding carboxylic acids is 1. The molecule has 0 radical (unpaired) electrons. The molecule has 0 aliphatic carbocycles. The standard InChI is InChI=1S/C21H25FN2O3S2/c1-15-13-17(14-24-9-11-28-12-10-24)3-8-20(15)23-21(25)16(2)29(26,27)19-6-4-18(22)5-7-19/h3-8,13,16H,9-12,14H2,1-2H3,(H,23,25). The predicted octanol–water partition coefficient (Wildman–Crippen LogP) is 3.48. The Labute approximate surface area is 175 Å². The molecule has 0 aromatic heterocycles. The van der Waals surface area contributed by atoms with Crippen LogP contribution in [0.5, 0.6) is 0 Å². The summed E-state index contributed by atoms with van der Waals surface area (Å²) in [5, 5.41) is 1.43. The number of benzene rings is 2. The molecule has 1 aliphatic heterocycles. The molecule has 3 rings (SSSR count). The van der Waals surface area contributed by atoms with Crippen LogP contribution in [0.2, 0.25) is 0 Å². The Kier molecular flexibility index (Phi) is 6.97. The molecular formula is C21H25FN2O3S2. The van der Waals surface area contributed by atoms with Crippen LogP contribution in [0.15, 0.2) is 47.4 Å². The van der Waals surface area contributed by atoms with E-state index >= 15 is 0 Å². The second kappa shape index (κ2) is 9.28. The summed E-state index contributed by atoms with van der Waals surface area (Å²) >= 11 is 1.97. The molecule has 8 heteroatoms. The van der Waals surface area contributed by atoms with E-state index < -0.39 is 26.8 Å². The van der Waals surface area contributed by atoms with Gasteiger partial charge in [-0.25, -0.2) is 12.8 Å². The number of anilines is 1. The van der Waals surface area contributed by atoms with Crippen molar-refractivity contribution >= 4 is 33.2 Å². The zero-order chi connectivity index (χ0) is 21.0. The smallest absolute Gasteiger partial charge is 0.242 e. The van der Waals surface area contributed by atoms with Crippen molar-refractivity contribution in [2.45, 2.75) is 30.5 Å². The highest BCUT2D eigenvalue weighted by atomic mass is 32.2. The third-order valence-electron chi connectivity index (χ3n) is 5.04. The first-order chi connectivity index (χ1) is 13.8. The van der Waals surface area contributed by atoms with Crippen molar-refractivity contribution in [2.75, 3.05) is 29.9 Å². The topological polar surface area (TPSA) is 66.5 Å². The zero-order valence-electron chi connectivity index (χ0n) is 16.5. The molecule has 2 aromatic rings. The first-order valence-electron chi connectivity index (χ1n) is 9.47. The van der Waals surface area contributed by atoms with Gasteiger partial charge in [0, 0.05) is 36.8 Å². The predicted molar refractivity (Wildman–Crippen MR) is 115 cm³/mol. The summed E-state index contributed by atoms with van der Waals surface area (Å²) in [4.78, 5) is 14.9. The van der Waals surface area contributed by atoms with E-state index in [0.717, 1.165) is 48.8 Å². The van der Waals surface area contributed by atoms with Gasteiger partial charge >= 0.3 is 0 Å². The van der Waals surface area contributed by atoms with E-state index in [1.165, 1.54) is 24.6 Å². The van der Waals surface area contributed by atoms with Gasteiger partial charge in [-0.2, -0.15) is 11.8 Å². The lowest BCUT2D eigenvalue weighted by Crippen LogP contribution is -2.33. The Morgan fingerprint density at radius 2 is 1.83 bits per heavy atom. The Balaban J connectivity index is 1.68. The number of sulfone groups is 1. The van der Waals surface area contributed by atoms with Crippen LogP contribution >= 0.6 is 11.8 Å². The highest BCUT2D eigenvalue weighted by Crippen LogP contribution is 2.22. The second-order valence-electron chi connectivity index (χ2n) is 7.17. The van der Waals surface area contributed by atoms with E-state index in [1.54, 1.807) is 0 Å². The van der Waals surface area contributed by atoms with Crippen molar-refractivity contribution in [3.63, 3.8) is 0 Å². The fourth-order valence-electron chi connectivity index (χ4n) is 3.19. The summed E-state index contributed by atoms with van der Waals surface area (Å²) < 4.78 is 38.4. The molecular weight excluding hydrogens is 411 g/mol. The van der Waals surface area contributed by atoms with Gasteiger partial charge in [0.2, 0.25) is 5.91 Å². The van der Waals surface area contributed by atoms with Crippen LogP contribution in [-0.4, -0.2) is 49.1 Å². The van der Waals surface area contributed by atoms with E-state index in [4.69, 9.17) is 0 Å². The van der Waals surface area contributed by atoms with Crippen LogP contribution in [0.4, 0.5) is 10.1 Å². The molecule has 1 unspecified atom stereocenters. The minimum atomic E-state index is -3.90. The van der Waals surface area contributed by atoms with E-state index in [0.29, 0.717) is 5.69 Å². The first-order valence-corrected chi connectivity index (χ1v) is 12.2.